The van der Waals surface area contributed by atoms with Crippen LogP contribution in [0.25, 0.3) is 0 Å². The summed E-state index contributed by atoms with van der Waals surface area (Å²) in [4.78, 5) is 0. The van der Waals surface area contributed by atoms with Gasteiger partial charge in [0.25, 0.3) is 0 Å². The number of aromatic nitrogens is 2. The number of halogens is 3. The van der Waals surface area contributed by atoms with Crippen LogP contribution >= 0.6 is 12.4 Å². The number of benzene rings is 1. The second kappa shape index (κ2) is 6.52. The number of anilines is 1. The SMILES string of the molecule is CCn1nc(C)cc1NCc1cc(F)cc(F)c1.Cl. The van der Waals surface area contributed by atoms with Gasteiger partial charge in [-0.15, -0.1) is 12.4 Å². The van der Waals surface area contributed by atoms with Gasteiger partial charge in [-0.2, -0.15) is 5.10 Å². The summed E-state index contributed by atoms with van der Waals surface area (Å²) < 4.78 is 27.8. The zero-order chi connectivity index (χ0) is 13.1. The number of nitrogens with zero attached hydrogens (tertiary/aromatic N) is 2. The molecule has 104 valence electrons. The van der Waals surface area contributed by atoms with E-state index in [9.17, 15) is 8.78 Å². The molecule has 0 saturated heterocycles. The first-order chi connectivity index (χ1) is 8.58. The van der Waals surface area contributed by atoms with Crippen LogP contribution in [0.5, 0.6) is 0 Å². The summed E-state index contributed by atoms with van der Waals surface area (Å²) in [6.45, 7) is 4.99. The number of aryl methyl sites for hydroxylation is 2. The summed E-state index contributed by atoms with van der Waals surface area (Å²) in [6, 6.07) is 5.40. The second-order valence-corrected chi connectivity index (χ2v) is 4.12. The van der Waals surface area contributed by atoms with Crippen molar-refractivity contribution < 1.29 is 8.78 Å². The minimum atomic E-state index is -0.563. The molecule has 6 heteroatoms. The van der Waals surface area contributed by atoms with Gasteiger partial charge in [0.15, 0.2) is 0 Å². The van der Waals surface area contributed by atoms with Gasteiger partial charge in [0.1, 0.15) is 17.5 Å². The van der Waals surface area contributed by atoms with Gasteiger partial charge in [-0.1, -0.05) is 0 Å². The van der Waals surface area contributed by atoms with E-state index >= 15 is 0 Å². The Bertz CT molecular complexity index is 535. The van der Waals surface area contributed by atoms with E-state index in [0.717, 1.165) is 24.1 Å². The molecule has 1 aromatic carbocycles. The molecule has 0 saturated carbocycles. The molecule has 0 unspecified atom stereocenters. The molecule has 0 bridgehead atoms. The van der Waals surface area contributed by atoms with E-state index in [1.165, 1.54) is 12.1 Å². The van der Waals surface area contributed by atoms with E-state index < -0.39 is 11.6 Å². The molecule has 0 aliphatic carbocycles. The molecule has 2 aromatic rings. The molecular weight excluding hydrogens is 272 g/mol. The number of hydrogen-bond acceptors (Lipinski definition) is 2. The molecule has 0 spiro atoms. The fraction of sp³-hybridized carbons (Fsp3) is 0.308. The third-order valence-corrected chi connectivity index (χ3v) is 2.60. The monoisotopic (exact) mass is 287 g/mol. The molecular formula is C13H16ClF2N3. The summed E-state index contributed by atoms with van der Waals surface area (Å²) in [6.07, 6.45) is 0. The van der Waals surface area contributed by atoms with Gasteiger partial charge >= 0.3 is 0 Å². The van der Waals surface area contributed by atoms with Crippen LogP contribution in [0.1, 0.15) is 18.2 Å². The van der Waals surface area contributed by atoms with Crippen LogP contribution in [0.4, 0.5) is 14.6 Å². The van der Waals surface area contributed by atoms with Crippen LogP contribution < -0.4 is 5.32 Å². The lowest BCUT2D eigenvalue weighted by atomic mass is 10.2. The van der Waals surface area contributed by atoms with Crippen molar-refractivity contribution in [3.63, 3.8) is 0 Å². The fourth-order valence-electron chi connectivity index (χ4n) is 1.83. The van der Waals surface area contributed by atoms with Crippen molar-refractivity contribution >= 4 is 18.2 Å². The zero-order valence-corrected chi connectivity index (χ0v) is 11.6. The molecule has 0 fully saturated rings. The summed E-state index contributed by atoms with van der Waals surface area (Å²) in [5.41, 5.74) is 1.47. The predicted octanol–water partition coefficient (Wildman–Crippen LogP) is 3.52. The highest BCUT2D eigenvalue weighted by Gasteiger charge is 2.05. The average molecular weight is 288 g/mol. The highest BCUT2D eigenvalue weighted by atomic mass is 35.5. The first-order valence-corrected chi connectivity index (χ1v) is 5.82. The molecule has 0 atom stereocenters. The molecule has 3 nitrogen and oxygen atoms in total. The van der Waals surface area contributed by atoms with Gasteiger partial charge in [0.2, 0.25) is 0 Å². The van der Waals surface area contributed by atoms with Crippen LogP contribution in [0.3, 0.4) is 0 Å². The Labute approximate surface area is 117 Å². The molecule has 0 radical (unpaired) electrons. The third kappa shape index (κ3) is 3.92. The van der Waals surface area contributed by atoms with Gasteiger partial charge in [-0.25, -0.2) is 13.5 Å². The Morgan fingerprint density at radius 2 is 1.79 bits per heavy atom. The van der Waals surface area contributed by atoms with Crippen molar-refractivity contribution in [1.29, 1.82) is 0 Å². The Morgan fingerprint density at radius 1 is 1.16 bits per heavy atom. The maximum absolute atomic E-state index is 13.0. The van der Waals surface area contributed by atoms with Gasteiger partial charge in [0.05, 0.1) is 5.69 Å². The minimum Gasteiger partial charge on any atom is -0.366 e. The molecule has 19 heavy (non-hydrogen) atoms. The standard InChI is InChI=1S/C13H15F2N3.ClH/c1-3-18-13(4-9(2)17-18)16-8-10-5-11(14)7-12(15)6-10;/h4-7,16H,3,8H2,1-2H3;1H. The lowest BCUT2D eigenvalue weighted by Gasteiger charge is -2.08. The lowest BCUT2D eigenvalue weighted by molar-refractivity contribution is 0.580. The predicted molar refractivity (Wildman–Crippen MR) is 73.6 cm³/mol. The molecule has 0 aliphatic heterocycles. The number of nitrogens with one attached hydrogen (secondary N) is 1. The normalized spacial score (nSPS) is 10.1. The van der Waals surface area contributed by atoms with E-state index in [4.69, 9.17) is 0 Å². The Morgan fingerprint density at radius 3 is 2.37 bits per heavy atom. The Kier molecular flexibility index (Phi) is 5.30. The van der Waals surface area contributed by atoms with Crippen molar-refractivity contribution in [2.75, 3.05) is 5.32 Å². The third-order valence-electron chi connectivity index (χ3n) is 2.60. The van der Waals surface area contributed by atoms with E-state index in [1.807, 2.05) is 24.6 Å². The Hall–Kier alpha value is -1.62. The van der Waals surface area contributed by atoms with Gasteiger partial charge in [0, 0.05) is 25.2 Å². The van der Waals surface area contributed by atoms with E-state index in [1.54, 1.807) is 0 Å². The van der Waals surface area contributed by atoms with Crippen LogP contribution in [0.2, 0.25) is 0 Å². The summed E-state index contributed by atoms with van der Waals surface area (Å²) in [5.74, 6) is -0.279. The summed E-state index contributed by atoms with van der Waals surface area (Å²) in [7, 11) is 0. The van der Waals surface area contributed by atoms with Crippen molar-refractivity contribution in [2.45, 2.75) is 26.9 Å². The van der Waals surface area contributed by atoms with E-state index in [-0.39, 0.29) is 12.4 Å². The molecule has 0 aliphatic rings. The molecule has 0 amide bonds. The Balaban J connectivity index is 0.00000180. The quantitative estimate of drug-likeness (QED) is 0.932. The molecule has 1 N–H and O–H groups in total. The number of rotatable bonds is 4. The highest BCUT2D eigenvalue weighted by Crippen LogP contribution is 2.13. The van der Waals surface area contributed by atoms with Crippen LogP contribution in [-0.4, -0.2) is 9.78 Å². The lowest BCUT2D eigenvalue weighted by Crippen LogP contribution is -2.07. The largest absolute Gasteiger partial charge is 0.366 e. The minimum absolute atomic E-state index is 0. The smallest absolute Gasteiger partial charge is 0.126 e. The average Bonchev–Trinajstić information content (AvgIpc) is 2.66. The van der Waals surface area contributed by atoms with Gasteiger partial charge in [-0.05, 0) is 31.5 Å². The van der Waals surface area contributed by atoms with Crippen LogP contribution in [0.15, 0.2) is 24.3 Å². The van der Waals surface area contributed by atoms with Gasteiger partial charge < -0.3 is 5.32 Å². The first-order valence-electron chi connectivity index (χ1n) is 5.82. The highest BCUT2D eigenvalue weighted by molar-refractivity contribution is 5.85. The fourth-order valence-corrected chi connectivity index (χ4v) is 1.83. The first kappa shape index (κ1) is 15.4. The maximum Gasteiger partial charge on any atom is 0.126 e. The topological polar surface area (TPSA) is 29.9 Å². The second-order valence-electron chi connectivity index (χ2n) is 4.12. The van der Waals surface area contributed by atoms with Crippen LogP contribution in [0, 0.1) is 18.6 Å². The van der Waals surface area contributed by atoms with Crippen molar-refractivity contribution in [3.05, 3.63) is 47.2 Å². The number of hydrogen-bond donors (Lipinski definition) is 1. The van der Waals surface area contributed by atoms with Crippen LogP contribution in [-0.2, 0) is 13.1 Å². The summed E-state index contributed by atoms with van der Waals surface area (Å²) in [5, 5.41) is 7.41. The molecule has 1 aromatic heterocycles. The van der Waals surface area contributed by atoms with Crippen molar-refractivity contribution in [1.82, 2.24) is 9.78 Å². The van der Waals surface area contributed by atoms with Crippen molar-refractivity contribution in [2.24, 2.45) is 0 Å². The van der Waals surface area contributed by atoms with Crippen molar-refractivity contribution in [3.8, 4) is 0 Å². The summed E-state index contributed by atoms with van der Waals surface area (Å²) >= 11 is 0. The van der Waals surface area contributed by atoms with E-state index in [0.29, 0.717) is 12.1 Å². The molecule has 2 rings (SSSR count). The maximum atomic E-state index is 13.0. The van der Waals surface area contributed by atoms with E-state index in [2.05, 4.69) is 10.4 Å². The van der Waals surface area contributed by atoms with Gasteiger partial charge in [-0.3, -0.25) is 0 Å². The molecule has 1 heterocycles. The zero-order valence-electron chi connectivity index (χ0n) is 10.8.